The molecule has 0 radical (unpaired) electrons. The van der Waals surface area contributed by atoms with Crippen LogP contribution in [0.15, 0.2) is 24.3 Å². The lowest BCUT2D eigenvalue weighted by molar-refractivity contribution is -0.121. The van der Waals surface area contributed by atoms with Crippen molar-refractivity contribution in [2.45, 2.75) is 71.3 Å². The number of unbranched alkanes of at least 4 members (excludes halogenated alkanes) is 7. The summed E-state index contributed by atoms with van der Waals surface area (Å²) in [5.74, 6) is 0.149. The smallest absolute Gasteiger partial charge is 0.220 e. The van der Waals surface area contributed by atoms with Crippen LogP contribution in [0.25, 0.3) is 0 Å². The molecule has 21 heavy (non-hydrogen) atoms. The molecule has 2 nitrogen and oxygen atoms in total. The topological polar surface area (TPSA) is 29.1 Å². The first-order valence-corrected chi connectivity index (χ1v) is 8.61. The van der Waals surface area contributed by atoms with Crippen molar-refractivity contribution >= 4 is 17.5 Å². The molecule has 0 heterocycles. The van der Waals surface area contributed by atoms with Crippen LogP contribution in [0.1, 0.15) is 70.3 Å². The maximum Gasteiger partial charge on any atom is 0.220 e. The Bertz CT molecular complexity index is 389. The summed E-state index contributed by atoms with van der Waals surface area (Å²) in [5, 5.41) is 3.68. The third kappa shape index (κ3) is 9.52. The molecule has 0 aliphatic heterocycles. The van der Waals surface area contributed by atoms with Gasteiger partial charge < -0.3 is 5.32 Å². The van der Waals surface area contributed by atoms with Gasteiger partial charge in [0.15, 0.2) is 0 Å². The first-order chi connectivity index (χ1) is 10.2. The predicted octanol–water partition coefficient (Wildman–Crippen LogP) is 5.49. The van der Waals surface area contributed by atoms with Gasteiger partial charge in [-0.25, -0.2) is 0 Å². The minimum Gasteiger partial charge on any atom is -0.352 e. The summed E-state index contributed by atoms with van der Waals surface area (Å²) in [7, 11) is 0. The molecule has 0 saturated heterocycles. The number of hydrogen-bond acceptors (Lipinski definition) is 1. The molecule has 1 aromatic carbocycles. The third-order valence-electron chi connectivity index (χ3n) is 3.66. The van der Waals surface area contributed by atoms with Crippen LogP contribution in [0.3, 0.4) is 0 Å². The second kappa shape index (κ2) is 11.6. The van der Waals surface area contributed by atoms with Crippen molar-refractivity contribution in [2.75, 3.05) is 0 Å². The Labute approximate surface area is 134 Å². The van der Waals surface area contributed by atoms with Crippen molar-refractivity contribution < 1.29 is 4.79 Å². The molecule has 0 fully saturated rings. The fourth-order valence-corrected chi connectivity index (χ4v) is 2.44. The SMILES string of the molecule is CCCCCCCCCCC(=O)NCc1ccc(Cl)cc1. The first-order valence-electron chi connectivity index (χ1n) is 8.23. The number of benzene rings is 1. The van der Waals surface area contributed by atoms with Gasteiger partial charge in [-0.1, -0.05) is 75.6 Å². The van der Waals surface area contributed by atoms with Gasteiger partial charge in [0.2, 0.25) is 5.91 Å². The van der Waals surface area contributed by atoms with Gasteiger partial charge in [-0.15, -0.1) is 0 Å². The molecular weight excluding hydrogens is 282 g/mol. The van der Waals surface area contributed by atoms with Crippen LogP contribution in [0, 0.1) is 0 Å². The highest BCUT2D eigenvalue weighted by Crippen LogP contribution is 2.10. The van der Waals surface area contributed by atoms with Crippen LogP contribution in [0.4, 0.5) is 0 Å². The van der Waals surface area contributed by atoms with E-state index in [0.29, 0.717) is 13.0 Å². The number of halogens is 1. The van der Waals surface area contributed by atoms with Crippen molar-refractivity contribution in [1.29, 1.82) is 0 Å². The number of nitrogens with one attached hydrogen (secondary N) is 1. The Hall–Kier alpha value is -1.02. The summed E-state index contributed by atoms with van der Waals surface area (Å²) >= 11 is 5.83. The van der Waals surface area contributed by atoms with Gasteiger partial charge in [0.05, 0.1) is 0 Å². The van der Waals surface area contributed by atoms with Crippen molar-refractivity contribution in [3.05, 3.63) is 34.9 Å². The van der Waals surface area contributed by atoms with Crippen LogP contribution >= 0.6 is 11.6 Å². The predicted molar refractivity (Wildman–Crippen MR) is 90.5 cm³/mol. The Kier molecular flexibility index (Phi) is 9.98. The molecule has 1 rings (SSSR count). The van der Waals surface area contributed by atoms with Crippen molar-refractivity contribution in [3.63, 3.8) is 0 Å². The molecule has 0 aromatic heterocycles. The van der Waals surface area contributed by atoms with E-state index in [1.54, 1.807) is 0 Å². The van der Waals surface area contributed by atoms with E-state index in [1.807, 2.05) is 24.3 Å². The summed E-state index contributed by atoms with van der Waals surface area (Å²) in [4.78, 5) is 11.7. The third-order valence-corrected chi connectivity index (χ3v) is 3.91. The van der Waals surface area contributed by atoms with E-state index in [2.05, 4.69) is 12.2 Å². The van der Waals surface area contributed by atoms with Crippen LogP contribution in [0.2, 0.25) is 5.02 Å². The normalized spacial score (nSPS) is 10.6. The van der Waals surface area contributed by atoms with Gasteiger partial charge >= 0.3 is 0 Å². The maximum absolute atomic E-state index is 11.7. The number of rotatable bonds is 11. The van der Waals surface area contributed by atoms with Gasteiger partial charge in [-0.2, -0.15) is 0 Å². The monoisotopic (exact) mass is 309 g/mol. The molecule has 0 unspecified atom stereocenters. The number of hydrogen-bond donors (Lipinski definition) is 1. The average molecular weight is 310 g/mol. The lowest BCUT2D eigenvalue weighted by Gasteiger charge is -2.06. The van der Waals surface area contributed by atoms with E-state index < -0.39 is 0 Å². The maximum atomic E-state index is 11.7. The van der Waals surface area contributed by atoms with Gasteiger partial charge in [0, 0.05) is 18.0 Å². The van der Waals surface area contributed by atoms with E-state index in [1.165, 1.54) is 44.9 Å². The molecule has 1 aromatic rings. The molecule has 1 N–H and O–H groups in total. The Balaban J connectivity index is 1.97. The van der Waals surface area contributed by atoms with Crippen molar-refractivity contribution in [1.82, 2.24) is 5.32 Å². The molecule has 0 bridgehead atoms. The molecule has 0 aliphatic carbocycles. The Morgan fingerprint density at radius 2 is 1.52 bits per heavy atom. The first kappa shape index (κ1) is 18.0. The highest BCUT2D eigenvalue weighted by molar-refractivity contribution is 6.30. The van der Waals surface area contributed by atoms with Gasteiger partial charge in [0.1, 0.15) is 0 Å². The molecular formula is C18H28ClNO. The fraction of sp³-hybridized carbons (Fsp3) is 0.611. The quantitative estimate of drug-likeness (QED) is 0.538. The number of carbonyl (C=O) groups is 1. The zero-order valence-electron chi connectivity index (χ0n) is 13.2. The number of carbonyl (C=O) groups excluding carboxylic acids is 1. The van der Waals surface area contributed by atoms with E-state index in [0.717, 1.165) is 17.0 Å². The molecule has 118 valence electrons. The van der Waals surface area contributed by atoms with Crippen LogP contribution in [0.5, 0.6) is 0 Å². The Morgan fingerprint density at radius 1 is 0.952 bits per heavy atom. The number of amides is 1. The lowest BCUT2D eigenvalue weighted by Crippen LogP contribution is -2.22. The van der Waals surface area contributed by atoms with Gasteiger partial charge in [-0.3, -0.25) is 4.79 Å². The lowest BCUT2D eigenvalue weighted by atomic mass is 10.1. The minimum absolute atomic E-state index is 0.149. The molecule has 1 amide bonds. The summed E-state index contributed by atoms with van der Waals surface area (Å²) < 4.78 is 0. The van der Waals surface area contributed by atoms with Crippen LogP contribution in [-0.4, -0.2) is 5.91 Å². The average Bonchev–Trinajstić information content (AvgIpc) is 2.49. The highest BCUT2D eigenvalue weighted by Gasteiger charge is 2.01. The molecule has 0 spiro atoms. The summed E-state index contributed by atoms with van der Waals surface area (Å²) in [6, 6.07) is 7.58. The van der Waals surface area contributed by atoms with Gasteiger partial charge in [0.25, 0.3) is 0 Å². The van der Waals surface area contributed by atoms with Gasteiger partial charge in [-0.05, 0) is 24.1 Å². The van der Waals surface area contributed by atoms with E-state index >= 15 is 0 Å². The fourth-order valence-electron chi connectivity index (χ4n) is 2.31. The van der Waals surface area contributed by atoms with E-state index in [-0.39, 0.29) is 5.91 Å². The second-order valence-electron chi connectivity index (χ2n) is 5.63. The summed E-state index contributed by atoms with van der Waals surface area (Å²) in [6.07, 6.45) is 10.7. The van der Waals surface area contributed by atoms with Crippen LogP contribution in [-0.2, 0) is 11.3 Å². The second-order valence-corrected chi connectivity index (χ2v) is 6.06. The summed E-state index contributed by atoms with van der Waals surface area (Å²) in [5.41, 5.74) is 1.09. The van der Waals surface area contributed by atoms with E-state index in [4.69, 9.17) is 11.6 Å². The van der Waals surface area contributed by atoms with Crippen LogP contribution < -0.4 is 5.32 Å². The molecule has 0 saturated carbocycles. The molecule has 0 atom stereocenters. The zero-order chi connectivity index (χ0) is 15.3. The van der Waals surface area contributed by atoms with Crippen molar-refractivity contribution in [2.24, 2.45) is 0 Å². The largest absolute Gasteiger partial charge is 0.352 e. The van der Waals surface area contributed by atoms with Crippen molar-refractivity contribution in [3.8, 4) is 0 Å². The highest BCUT2D eigenvalue weighted by atomic mass is 35.5. The zero-order valence-corrected chi connectivity index (χ0v) is 13.9. The molecule has 0 aliphatic rings. The van der Waals surface area contributed by atoms with E-state index in [9.17, 15) is 4.79 Å². The summed E-state index contributed by atoms with van der Waals surface area (Å²) in [6.45, 7) is 2.83. The Morgan fingerprint density at radius 3 is 2.14 bits per heavy atom. The molecule has 3 heteroatoms. The standard InChI is InChI=1S/C18H28ClNO/c1-2-3-4-5-6-7-8-9-10-18(21)20-15-16-11-13-17(19)14-12-16/h11-14H,2-10,15H2,1H3,(H,20,21). The minimum atomic E-state index is 0.149.